The molecule has 0 aliphatic heterocycles. The topological polar surface area (TPSA) is 91.6 Å². The van der Waals surface area contributed by atoms with Gasteiger partial charge in [0, 0.05) is 23.7 Å². The van der Waals surface area contributed by atoms with Gasteiger partial charge in [0.15, 0.2) is 0 Å². The van der Waals surface area contributed by atoms with E-state index in [1.165, 1.54) is 0 Å². The van der Waals surface area contributed by atoms with Crippen molar-refractivity contribution in [2.45, 2.75) is 32.9 Å². The van der Waals surface area contributed by atoms with Gasteiger partial charge in [-0.2, -0.15) is 0 Å². The third-order valence-electron chi connectivity index (χ3n) is 3.75. The zero-order valence-electron chi connectivity index (χ0n) is 14.1. The molecule has 1 atom stereocenters. The second-order valence-electron chi connectivity index (χ2n) is 5.70. The van der Waals surface area contributed by atoms with Gasteiger partial charge in [0.25, 0.3) is 0 Å². The third kappa shape index (κ3) is 5.34. The summed E-state index contributed by atoms with van der Waals surface area (Å²) in [5.41, 5.74) is 1.42. The van der Waals surface area contributed by atoms with E-state index in [1.54, 1.807) is 44.2 Å². The molecular weight excluding hydrogens is 344 g/mol. The highest BCUT2D eigenvalue weighted by atomic mass is 35.5. The van der Waals surface area contributed by atoms with Crippen molar-refractivity contribution in [2.75, 3.05) is 6.54 Å². The Morgan fingerprint density at radius 2 is 1.88 bits per heavy atom. The predicted octanol–water partition coefficient (Wildman–Crippen LogP) is 2.41. The van der Waals surface area contributed by atoms with E-state index in [-0.39, 0.29) is 19.5 Å². The molecule has 1 heterocycles. The Balaban J connectivity index is 1.75. The van der Waals surface area contributed by atoms with Gasteiger partial charge in [0.05, 0.1) is 6.10 Å². The standard InChI is InChI=1S/C18H21ClN2O4/c1-11-9-14(12(2)25-11)16(22)7-8-20-17(23)18(24)21-10-13-5-3-4-6-15(13)19/h3-6,9,16,22H,7-8,10H2,1-2H3,(H,20,23)(H,21,24)/t16-/m0/s1. The number of aliphatic hydroxyl groups is 1. The van der Waals surface area contributed by atoms with Crippen LogP contribution in [0.25, 0.3) is 0 Å². The molecule has 2 amide bonds. The Morgan fingerprint density at radius 1 is 1.20 bits per heavy atom. The van der Waals surface area contributed by atoms with Crippen LogP contribution in [0.15, 0.2) is 34.7 Å². The number of benzene rings is 1. The van der Waals surface area contributed by atoms with Crippen LogP contribution in [0.1, 0.15) is 35.2 Å². The van der Waals surface area contributed by atoms with Crippen molar-refractivity contribution < 1.29 is 19.1 Å². The summed E-state index contributed by atoms with van der Waals surface area (Å²) in [5.74, 6) is -0.132. The molecule has 134 valence electrons. The summed E-state index contributed by atoms with van der Waals surface area (Å²) in [6.45, 7) is 3.91. The lowest BCUT2D eigenvalue weighted by Gasteiger charge is -2.11. The molecule has 6 nitrogen and oxygen atoms in total. The maximum absolute atomic E-state index is 11.8. The quantitative estimate of drug-likeness (QED) is 0.686. The lowest BCUT2D eigenvalue weighted by molar-refractivity contribution is -0.139. The fraction of sp³-hybridized carbons (Fsp3) is 0.333. The number of furan rings is 1. The molecule has 0 saturated heterocycles. The normalized spacial score (nSPS) is 11.8. The number of aryl methyl sites for hydroxylation is 2. The van der Waals surface area contributed by atoms with Crippen molar-refractivity contribution in [3.8, 4) is 0 Å². The van der Waals surface area contributed by atoms with Gasteiger partial charge in [-0.1, -0.05) is 29.8 Å². The molecule has 0 bridgehead atoms. The molecule has 0 spiro atoms. The van der Waals surface area contributed by atoms with Crippen LogP contribution in [0.5, 0.6) is 0 Å². The van der Waals surface area contributed by atoms with Gasteiger partial charge in [0.1, 0.15) is 11.5 Å². The van der Waals surface area contributed by atoms with Gasteiger partial charge in [0.2, 0.25) is 0 Å². The van der Waals surface area contributed by atoms with E-state index >= 15 is 0 Å². The summed E-state index contributed by atoms with van der Waals surface area (Å²) in [5, 5.41) is 15.6. The number of nitrogens with one attached hydrogen (secondary N) is 2. The van der Waals surface area contributed by atoms with Crippen molar-refractivity contribution in [3.05, 3.63) is 58.0 Å². The van der Waals surface area contributed by atoms with Crippen LogP contribution in [0.4, 0.5) is 0 Å². The lowest BCUT2D eigenvalue weighted by atomic mass is 10.1. The van der Waals surface area contributed by atoms with Crippen LogP contribution >= 0.6 is 11.6 Å². The third-order valence-corrected chi connectivity index (χ3v) is 4.11. The zero-order chi connectivity index (χ0) is 18.4. The van der Waals surface area contributed by atoms with E-state index in [2.05, 4.69) is 10.6 Å². The van der Waals surface area contributed by atoms with Gasteiger partial charge in [-0.15, -0.1) is 0 Å². The Morgan fingerprint density at radius 3 is 2.52 bits per heavy atom. The highest BCUT2D eigenvalue weighted by molar-refractivity contribution is 6.35. The molecule has 3 N–H and O–H groups in total. The number of halogens is 1. The first-order chi connectivity index (χ1) is 11.9. The van der Waals surface area contributed by atoms with Crippen molar-refractivity contribution in [1.29, 1.82) is 0 Å². The van der Waals surface area contributed by atoms with Crippen molar-refractivity contribution in [1.82, 2.24) is 10.6 Å². The monoisotopic (exact) mass is 364 g/mol. The van der Waals surface area contributed by atoms with E-state index in [1.807, 2.05) is 0 Å². The van der Waals surface area contributed by atoms with Crippen LogP contribution < -0.4 is 10.6 Å². The molecular formula is C18H21ClN2O4. The van der Waals surface area contributed by atoms with E-state index in [9.17, 15) is 14.7 Å². The first kappa shape index (κ1) is 19.0. The molecule has 0 fully saturated rings. The number of carbonyl (C=O) groups excluding carboxylic acids is 2. The molecule has 1 aromatic carbocycles. The summed E-state index contributed by atoms with van der Waals surface area (Å²) < 4.78 is 5.36. The lowest BCUT2D eigenvalue weighted by Crippen LogP contribution is -2.40. The average Bonchev–Trinajstić information content (AvgIpc) is 2.92. The maximum atomic E-state index is 11.8. The van der Waals surface area contributed by atoms with Gasteiger partial charge >= 0.3 is 11.8 Å². The molecule has 2 rings (SSSR count). The molecule has 25 heavy (non-hydrogen) atoms. The fourth-order valence-electron chi connectivity index (χ4n) is 2.44. The van der Waals surface area contributed by atoms with Crippen molar-refractivity contribution in [3.63, 3.8) is 0 Å². The van der Waals surface area contributed by atoms with Gasteiger partial charge in [-0.3, -0.25) is 9.59 Å². The second kappa shape index (κ2) is 8.69. The number of hydrogen-bond acceptors (Lipinski definition) is 4. The van der Waals surface area contributed by atoms with E-state index in [0.29, 0.717) is 16.3 Å². The summed E-state index contributed by atoms with van der Waals surface area (Å²) in [6, 6.07) is 8.83. The average molecular weight is 365 g/mol. The van der Waals surface area contributed by atoms with Crippen LogP contribution in [0.3, 0.4) is 0 Å². The number of aliphatic hydroxyl groups excluding tert-OH is 1. The van der Waals surface area contributed by atoms with Crippen molar-refractivity contribution in [2.24, 2.45) is 0 Å². The Bertz CT molecular complexity index is 757. The molecule has 0 radical (unpaired) electrons. The Labute approximate surface area is 151 Å². The molecule has 7 heteroatoms. The largest absolute Gasteiger partial charge is 0.466 e. The van der Waals surface area contributed by atoms with Crippen molar-refractivity contribution >= 4 is 23.4 Å². The minimum atomic E-state index is -0.760. The number of carbonyl (C=O) groups is 2. The van der Waals surface area contributed by atoms with Gasteiger partial charge in [-0.05, 0) is 38.0 Å². The summed E-state index contributed by atoms with van der Waals surface area (Å²) in [7, 11) is 0. The Hall–Kier alpha value is -2.31. The molecule has 0 aliphatic carbocycles. The minimum absolute atomic E-state index is 0.169. The highest BCUT2D eigenvalue weighted by Crippen LogP contribution is 2.23. The summed E-state index contributed by atoms with van der Waals surface area (Å²) in [4.78, 5) is 23.6. The molecule has 0 aliphatic rings. The van der Waals surface area contributed by atoms with Crippen LogP contribution in [0, 0.1) is 13.8 Å². The van der Waals surface area contributed by atoms with Gasteiger partial charge < -0.3 is 20.2 Å². The van der Waals surface area contributed by atoms with Crippen LogP contribution in [0.2, 0.25) is 5.02 Å². The summed E-state index contributed by atoms with van der Waals surface area (Å²) in [6.07, 6.45) is -0.479. The molecule has 0 unspecified atom stereocenters. The minimum Gasteiger partial charge on any atom is -0.466 e. The fourth-order valence-corrected chi connectivity index (χ4v) is 2.64. The molecule has 0 saturated carbocycles. The maximum Gasteiger partial charge on any atom is 0.309 e. The molecule has 1 aromatic heterocycles. The first-order valence-electron chi connectivity index (χ1n) is 7.93. The predicted molar refractivity (Wildman–Crippen MR) is 94.1 cm³/mol. The zero-order valence-corrected chi connectivity index (χ0v) is 14.9. The van der Waals surface area contributed by atoms with E-state index in [0.717, 1.165) is 11.3 Å². The molecule has 2 aromatic rings. The number of amides is 2. The first-order valence-corrected chi connectivity index (χ1v) is 8.30. The van der Waals surface area contributed by atoms with E-state index < -0.39 is 17.9 Å². The number of hydrogen-bond donors (Lipinski definition) is 3. The summed E-state index contributed by atoms with van der Waals surface area (Å²) >= 11 is 5.99. The van der Waals surface area contributed by atoms with E-state index in [4.69, 9.17) is 16.0 Å². The number of rotatable bonds is 6. The smallest absolute Gasteiger partial charge is 0.309 e. The highest BCUT2D eigenvalue weighted by Gasteiger charge is 2.17. The van der Waals surface area contributed by atoms with Crippen LogP contribution in [-0.2, 0) is 16.1 Å². The van der Waals surface area contributed by atoms with Gasteiger partial charge in [-0.25, -0.2) is 0 Å². The Kier molecular flexibility index (Phi) is 6.61. The van der Waals surface area contributed by atoms with Crippen LogP contribution in [-0.4, -0.2) is 23.5 Å². The second-order valence-corrected chi connectivity index (χ2v) is 6.11. The SMILES string of the molecule is Cc1cc([C@@H](O)CCNC(=O)C(=O)NCc2ccccc2Cl)c(C)o1.